The summed E-state index contributed by atoms with van der Waals surface area (Å²) >= 11 is 0. The number of hydrogen-bond donors (Lipinski definition) is 0. The number of aryl methyl sites for hydroxylation is 1. The van der Waals surface area contributed by atoms with E-state index in [1.807, 2.05) is 39.0 Å². The van der Waals surface area contributed by atoms with E-state index in [1.165, 1.54) is 0 Å². The zero-order chi connectivity index (χ0) is 12.1. The fourth-order valence-corrected chi connectivity index (χ4v) is 1.65. The fraction of sp³-hybridized carbons (Fsp3) is 0.462. The van der Waals surface area contributed by atoms with Crippen molar-refractivity contribution in [1.82, 2.24) is 0 Å². The van der Waals surface area contributed by atoms with Gasteiger partial charge in [0.1, 0.15) is 12.4 Å². The Hall–Kier alpha value is -1.51. The maximum atomic E-state index is 11.3. The third kappa shape index (κ3) is 2.54. The molecule has 0 spiro atoms. The highest BCUT2D eigenvalue weighted by Crippen LogP contribution is 2.32. The molecule has 0 unspecified atom stereocenters. The third-order valence-corrected chi connectivity index (χ3v) is 2.36. The predicted octanol–water partition coefficient (Wildman–Crippen LogP) is 2.77. The third-order valence-electron chi connectivity index (χ3n) is 2.36. The minimum atomic E-state index is 0.0696. The molecule has 0 saturated carbocycles. The van der Waals surface area contributed by atoms with Crippen LogP contribution in [0.2, 0.25) is 0 Å². The zero-order valence-corrected chi connectivity index (χ0v) is 10.4. The Morgan fingerprint density at radius 2 is 2.06 bits per heavy atom. The second kappa shape index (κ2) is 5.54. The van der Waals surface area contributed by atoms with Crippen molar-refractivity contribution in [2.24, 2.45) is 0 Å². The molecule has 1 heterocycles. The first-order valence-electron chi connectivity index (χ1n) is 5.70. The largest absolute Gasteiger partial charge is 0.490 e. The Morgan fingerprint density at radius 3 is 2.69 bits per heavy atom. The summed E-state index contributed by atoms with van der Waals surface area (Å²) < 4.78 is 5.46. The molecule has 2 rings (SSSR count). The van der Waals surface area contributed by atoms with Crippen LogP contribution in [-0.4, -0.2) is 19.1 Å². The molecule has 1 aliphatic heterocycles. The number of fused-ring (bicyclic) bond motifs is 1. The first-order chi connectivity index (χ1) is 7.68. The number of nitrogens with zero attached hydrogens (tertiary/aromatic N) is 1. The van der Waals surface area contributed by atoms with Gasteiger partial charge in [-0.15, -0.1) is 0 Å². The summed E-state index contributed by atoms with van der Waals surface area (Å²) in [6, 6.07) is 5.89. The van der Waals surface area contributed by atoms with Crippen LogP contribution in [0.3, 0.4) is 0 Å². The topological polar surface area (TPSA) is 29.5 Å². The van der Waals surface area contributed by atoms with E-state index in [2.05, 4.69) is 0 Å². The smallest absolute Gasteiger partial charge is 0.224 e. The molecule has 0 fully saturated rings. The Morgan fingerprint density at radius 1 is 1.38 bits per heavy atom. The molecule has 0 bridgehead atoms. The molecular formula is C13H19NO2. The number of carbonyl (C=O) groups is 1. The second-order valence-corrected chi connectivity index (χ2v) is 3.49. The molecule has 3 nitrogen and oxygen atoms in total. The summed E-state index contributed by atoms with van der Waals surface area (Å²) in [6.45, 7) is 8.81. The van der Waals surface area contributed by atoms with Crippen molar-refractivity contribution in [2.75, 3.05) is 18.1 Å². The molecule has 3 heteroatoms. The molecule has 1 aliphatic rings. The number of benzene rings is 1. The molecule has 0 atom stereocenters. The Kier molecular flexibility index (Phi) is 4.35. The molecule has 0 N–H and O–H groups in total. The van der Waals surface area contributed by atoms with Gasteiger partial charge in [-0.3, -0.25) is 4.79 Å². The Labute approximate surface area is 97.0 Å². The lowest BCUT2D eigenvalue weighted by atomic mass is 10.1. The fourth-order valence-electron chi connectivity index (χ4n) is 1.65. The first kappa shape index (κ1) is 12.6. The molecule has 88 valence electrons. The van der Waals surface area contributed by atoms with Crippen LogP contribution in [0.4, 0.5) is 5.69 Å². The summed E-state index contributed by atoms with van der Waals surface area (Å²) in [5.74, 6) is 0.872. The maximum Gasteiger partial charge on any atom is 0.224 e. The van der Waals surface area contributed by atoms with Crippen molar-refractivity contribution in [2.45, 2.75) is 27.7 Å². The number of carbonyl (C=O) groups excluding carboxylic acids is 1. The summed E-state index contributed by atoms with van der Waals surface area (Å²) in [4.78, 5) is 13.1. The van der Waals surface area contributed by atoms with E-state index in [-0.39, 0.29) is 5.91 Å². The van der Waals surface area contributed by atoms with Crippen LogP contribution in [0.25, 0.3) is 0 Å². The molecular weight excluding hydrogens is 202 g/mol. The van der Waals surface area contributed by atoms with E-state index in [4.69, 9.17) is 4.74 Å². The average Bonchev–Trinajstić information content (AvgIpc) is 2.30. The van der Waals surface area contributed by atoms with E-state index in [9.17, 15) is 4.79 Å². The van der Waals surface area contributed by atoms with Crippen LogP contribution in [0, 0.1) is 6.92 Å². The Bertz CT molecular complexity index is 374. The minimum Gasteiger partial charge on any atom is -0.490 e. The molecule has 1 aromatic rings. The van der Waals surface area contributed by atoms with Crippen LogP contribution in [0.1, 0.15) is 26.3 Å². The van der Waals surface area contributed by atoms with Gasteiger partial charge in [0.25, 0.3) is 0 Å². The number of anilines is 1. The van der Waals surface area contributed by atoms with Crippen LogP contribution in [0.5, 0.6) is 5.75 Å². The van der Waals surface area contributed by atoms with Crippen molar-refractivity contribution in [3.05, 3.63) is 23.8 Å². The standard InChI is InChI=1S/C11H13NO2.C2H6/c1-8-3-4-11-10(7-8)12(9(2)13)5-6-14-11;1-2/h3-4,7H,5-6H2,1-2H3;1-2H3. The van der Waals surface area contributed by atoms with E-state index in [0.717, 1.165) is 17.0 Å². The van der Waals surface area contributed by atoms with E-state index in [0.29, 0.717) is 13.2 Å². The van der Waals surface area contributed by atoms with Gasteiger partial charge >= 0.3 is 0 Å². The average molecular weight is 221 g/mol. The van der Waals surface area contributed by atoms with Gasteiger partial charge < -0.3 is 9.64 Å². The van der Waals surface area contributed by atoms with Crippen LogP contribution >= 0.6 is 0 Å². The molecule has 1 amide bonds. The van der Waals surface area contributed by atoms with Crippen molar-refractivity contribution >= 4 is 11.6 Å². The van der Waals surface area contributed by atoms with Gasteiger partial charge in [0, 0.05) is 6.92 Å². The highest BCUT2D eigenvalue weighted by atomic mass is 16.5. The first-order valence-corrected chi connectivity index (χ1v) is 5.70. The van der Waals surface area contributed by atoms with E-state index in [1.54, 1.807) is 11.8 Å². The van der Waals surface area contributed by atoms with Gasteiger partial charge in [-0.2, -0.15) is 0 Å². The van der Waals surface area contributed by atoms with Crippen molar-refractivity contribution in [3.63, 3.8) is 0 Å². The highest BCUT2D eigenvalue weighted by molar-refractivity contribution is 5.93. The van der Waals surface area contributed by atoms with Crippen molar-refractivity contribution in [3.8, 4) is 5.75 Å². The molecule has 0 radical (unpaired) electrons. The maximum absolute atomic E-state index is 11.3. The number of hydrogen-bond acceptors (Lipinski definition) is 2. The molecule has 0 aromatic heterocycles. The molecule has 1 aromatic carbocycles. The number of amides is 1. The van der Waals surface area contributed by atoms with E-state index < -0.39 is 0 Å². The van der Waals surface area contributed by atoms with Crippen LogP contribution in [0.15, 0.2) is 18.2 Å². The van der Waals surface area contributed by atoms with Crippen molar-refractivity contribution in [1.29, 1.82) is 0 Å². The summed E-state index contributed by atoms with van der Waals surface area (Å²) in [7, 11) is 0. The lowest BCUT2D eigenvalue weighted by Crippen LogP contribution is -2.36. The Balaban J connectivity index is 0.000000606. The number of ether oxygens (including phenoxy) is 1. The normalized spacial score (nSPS) is 13.1. The monoisotopic (exact) mass is 221 g/mol. The highest BCUT2D eigenvalue weighted by Gasteiger charge is 2.20. The van der Waals surface area contributed by atoms with Crippen LogP contribution in [-0.2, 0) is 4.79 Å². The summed E-state index contributed by atoms with van der Waals surface area (Å²) in [6.07, 6.45) is 0. The van der Waals surface area contributed by atoms with Crippen LogP contribution < -0.4 is 9.64 Å². The minimum absolute atomic E-state index is 0.0696. The van der Waals surface area contributed by atoms with Gasteiger partial charge in [0.05, 0.1) is 12.2 Å². The molecule has 16 heavy (non-hydrogen) atoms. The molecule has 0 saturated heterocycles. The van der Waals surface area contributed by atoms with Crippen molar-refractivity contribution < 1.29 is 9.53 Å². The second-order valence-electron chi connectivity index (χ2n) is 3.49. The van der Waals surface area contributed by atoms with Gasteiger partial charge in [-0.05, 0) is 24.6 Å². The van der Waals surface area contributed by atoms with Gasteiger partial charge in [-0.25, -0.2) is 0 Å². The lowest BCUT2D eigenvalue weighted by molar-refractivity contribution is -0.116. The van der Waals surface area contributed by atoms with Gasteiger partial charge in [-0.1, -0.05) is 19.9 Å². The summed E-state index contributed by atoms with van der Waals surface area (Å²) in [5, 5.41) is 0. The zero-order valence-electron chi connectivity index (χ0n) is 10.4. The quantitative estimate of drug-likeness (QED) is 0.674. The predicted molar refractivity (Wildman–Crippen MR) is 66.0 cm³/mol. The SMILES string of the molecule is CC.CC(=O)N1CCOc2ccc(C)cc21. The molecule has 0 aliphatic carbocycles. The van der Waals surface area contributed by atoms with E-state index >= 15 is 0 Å². The number of rotatable bonds is 0. The van der Waals surface area contributed by atoms with Gasteiger partial charge in [0.15, 0.2) is 0 Å². The summed E-state index contributed by atoms with van der Waals surface area (Å²) in [5.41, 5.74) is 2.03. The lowest BCUT2D eigenvalue weighted by Gasteiger charge is -2.28. The van der Waals surface area contributed by atoms with Gasteiger partial charge in [0.2, 0.25) is 5.91 Å².